The van der Waals surface area contributed by atoms with Gasteiger partial charge in [0.1, 0.15) is 5.82 Å². The molecule has 0 heterocycles. The number of halogens is 1. The summed E-state index contributed by atoms with van der Waals surface area (Å²) in [5.41, 5.74) is 3.89. The van der Waals surface area contributed by atoms with E-state index in [0.717, 1.165) is 17.4 Å². The smallest absolute Gasteiger partial charge is 0.123 e. The van der Waals surface area contributed by atoms with E-state index in [-0.39, 0.29) is 11.9 Å². The summed E-state index contributed by atoms with van der Waals surface area (Å²) in [6, 6.07) is 6.95. The van der Waals surface area contributed by atoms with E-state index in [9.17, 15) is 4.39 Å². The molecule has 3 unspecified atom stereocenters. The van der Waals surface area contributed by atoms with Gasteiger partial charge in [0, 0.05) is 6.04 Å². The van der Waals surface area contributed by atoms with E-state index in [1.807, 2.05) is 6.07 Å². The Balaban J connectivity index is 1.80. The maximum absolute atomic E-state index is 13.2. The fraction of sp³-hybridized carbons (Fsp3) is 0.571. The molecular formula is C14H19FN2. The van der Waals surface area contributed by atoms with Gasteiger partial charge in [-0.2, -0.15) is 0 Å². The molecule has 1 aromatic carbocycles. The van der Waals surface area contributed by atoms with E-state index in [1.54, 1.807) is 12.1 Å². The van der Waals surface area contributed by atoms with Crippen molar-refractivity contribution in [2.24, 2.45) is 23.6 Å². The number of nitrogens with two attached hydrogens (primary N) is 1. The quantitative estimate of drug-likeness (QED) is 0.623. The van der Waals surface area contributed by atoms with Gasteiger partial charge in [0.05, 0.1) is 0 Å². The zero-order valence-corrected chi connectivity index (χ0v) is 9.90. The highest BCUT2D eigenvalue weighted by Crippen LogP contribution is 2.60. The number of nitrogens with one attached hydrogen (secondary N) is 1. The number of hydrazine groups is 1. The van der Waals surface area contributed by atoms with Gasteiger partial charge in [-0.15, -0.1) is 0 Å². The largest absolute Gasteiger partial charge is 0.271 e. The zero-order valence-electron chi connectivity index (χ0n) is 9.90. The van der Waals surface area contributed by atoms with Crippen LogP contribution in [0.3, 0.4) is 0 Å². The Kier molecular flexibility index (Phi) is 2.89. The second-order valence-electron chi connectivity index (χ2n) is 5.39. The van der Waals surface area contributed by atoms with E-state index < -0.39 is 0 Å². The van der Waals surface area contributed by atoms with Gasteiger partial charge < -0.3 is 0 Å². The van der Waals surface area contributed by atoms with Crippen molar-refractivity contribution in [1.29, 1.82) is 0 Å². The van der Waals surface area contributed by atoms with Crippen LogP contribution >= 0.6 is 0 Å². The highest BCUT2D eigenvalue weighted by molar-refractivity contribution is 5.24. The molecule has 0 saturated heterocycles. The third-order valence-electron chi connectivity index (χ3n) is 4.49. The van der Waals surface area contributed by atoms with E-state index >= 15 is 0 Å². The first-order valence-corrected chi connectivity index (χ1v) is 6.53. The lowest BCUT2D eigenvalue weighted by Crippen LogP contribution is -2.30. The Hall–Kier alpha value is -0.930. The van der Waals surface area contributed by atoms with Crippen LogP contribution < -0.4 is 11.3 Å². The second kappa shape index (κ2) is 4.39. The molecule has 0 bridgehead atoms. The van der Waals surface area contributed by atoms with Crippen molar-refractivity contribution >= 4 is 0 Å². The summed E-state index contributed by atoms with van der Waals surface area (Å²) < 4.78 is 13.2. The highest BCUT2D eigenvalue weighted by atomic mass is 19.1. The molecule has 0 aliphatic heterocycles. The molecule has 0 spiro atoms. The van der Waals surface area contributed by atoms with Gasteiger partial charge in [0.25, 0.3) is 0 Å². The van der Waals surface area contributed by atoms with Crippen molar-refractivity contribution in [1.82, 2.24) is 5.43 Å². The van der Waals surface area contributed by atoms with Crippen LogP contribution in [0.5, 0.6) is 0 Å². The lowest BCUT2D eigenvalue weighted by atomic mass is 10.0. The van der Waals surface area contributed by atoms with E-state index in [1.165, 1.54) is 31.7 Å². The molecule has 3 N–H and O–H groups in total. The lowest BCUT2D eigenvalue weighted by molar-refractivity contribution is 0.454. The molecule has 3 rings (SSSR count). The first-order valence-electron chi connectivity index (χ1n) is 6.53. The highest BCUT2D eigenvalue weighted by Gasteiger charge is 2.54. The average molecular weight is 234 g/mol. The lowest BCUT2D eigenvalue weighted by Gasteiger charge is -2.16. The predicted octanol–water partition coefficient (Wildman–Crippen LogP) is 2.77. The summed E-state index contributed by atoms with van der Waals surface area (Å²) in [6.07, 6.45) is 5.34. The molecule has 2 fully saturated rings. The molecule has 0 aromatic heterocycles. The maximum Gasteiger partial charge on any atom is 0.123 e. The van der Waals surface area contributed by atoms with Gasteiger partial charge in [0.15, 0.2) is 0 Å². The summed E-state index contributed by atoms with van der Waals surface area (Å²) in [5.74, 6) is 7.74. The zero-order chi connectivity index (χ0) is 11.8. The van der Waals surface area contributed by atoms with Crippen LogP contribution in [0.1, 0.15) is 37.3 Å². The van der Waals surface area contributed by atoms with Crippen LogP contribution in [0.15, 0.2) is 24.3 Å². The summed E-state index contributed by atoms with van der Waals surface area (Å²) in [6.45, 7) is 0. The molecule has 3 atom stereocenters. The first kappa shape index (κ1) is 11.2. The van der Waals surface area contributed by atoms with E-state index in [0.29, 0.717) is 5.92 Å². The summed E-state index contributed by atoms with van der Waals surface area (Å²) in [4.78, 5) is 0. The van der Waals surface area contributed by atoms with Gasteiger partial charge in [-0.05, 0) is 48.3 Å². The Labute approximate surface area is 101 Å². The minimum absolute atomic E-state index is 0.124. The number of hydrogen-bond donors (Lipinski definition) is 2. The van der Waals surface area contributed by atoms with Crippen molar-refractivity contribution < 1.29 is 4.39 Å². The maximum atomic E-state index is 13.2. The molecule has 92 valence electrons. The minimum Gasteiger partial charge on any atom is -0.271 e. The molecule has 0 amide bonds. The average Bonchev–Trinajstić information content (AvgIpc) is 3.05. The van der Waals surface area contributed by atoms with Crippen LogP contribution in [0.2, 0.25) is 0 Å². The summed E-state index contributed by atoms with van der Waals surface area (Å²) >= 11 is 0. The van der Waals surface area contributed by atoms with E-state index in [4.69, 9.17) is 5.84 Å². The monoisotopic (exact) mass is 234 g/mol. The predicted molar refractivity (Wildman–Crippen MR) is 65.4 cm³/mol. The summed E-state index contributed by atoms with van der Waals surface area (Å²) in [5, 5.41) is 0. The van der Waals surface area contributed by atoms with Crippen LogP contribution in [-0.4, -0.2) is 0 Å². The third-order valence-corrected chi connectivity index (χ3v) is 4.49. The fourth-order valence-corrected chi connectivity index (χ4v) is 3.67. The Bertz CT molecular complexity index is 395. The molecule has 2 nitrogen and oxygen atoms in total. The molecular weight excluding hydrogens is 215 g/mol. The van der Waals surface area contributed by atoms with Gasteiger partial charge >= 0.3 is 0 Å². The van der Waals surface area contributed by atoms with Crippen molar-refractivity contribution in [3.63, 3.8) is 0 Å². The van der Waals surface area contributed by atoms with Gasteiger partial charge in [0.2, 0.25) is 0 Å². The molecule has 17 heavy (non-hydrogen) atoms. The van der Waals surface area contributed by atoms with Crippen LogP contribution in [0, 0.1) is 23.6 Å². The Morgan fingerprint density at radius 3 is 2.53 bits per heavy atom. The molecule has 0 radical (unpaired) electrons. The third kappa shape index (κ3) is 1.98. The normalized spacial score (nSPS) is 32.9. The van der Waals surface area contributed by atoms with Crippen LogP contribution in [0.4, 0.5) is 4.39 Å². The number of fused-ring (bicyclic) bond motifs is 1. The van der Waals surface area contributed by atoms with E-state index in [2.05, 4.69) is 5.43 Å². The van der Waals surface area contributed by atoms with Crippen molar-refractivity contribution in [3.05, 3.63) is 35.6 Å². The standard InChI is InChI=1S/C14H19FN2/c15-10-5-3-4-9(8-10)14(17-16)13-11-6-1-2-7-12(11)13/h3-5,8,11-14,17H,1-2,6-7,16H2. The Morgan fingerprint density at radius 1 is 1.24 bits per heavy atom. The molecule has 2 aliphatic rings. The number of rotatable bonds is 3. The molecule has 3 heteroatoms. The topological polar surface area (TPSA) is 38.0 Å². The van der Waals surface area contributed by atoms with Crippen LogP contribution in [-0.2, 0) is 0 Å². The van der Waals surface area contributed by atoms with Crippen molar-refractivity contribution in [2.45, 2.75) is 31.7 Å². The molecule has 2 saturated carbocycles. The second-order valence-corrected chi connectivity index (χ2v) is 5.39. The van der Waals surface area contributed by atoms with Gasteiger partial charge in [-0.1, -0.05) is 25.0 Å². The number of hydrogen-bond acceptors (Lipinski definition) is 2. The van der Waals surface area contributed by atoms with Crippen molar-refractivity contribution in [3.8, 4) is 0 Å². The SMILES string of the molecule is NNC(c1cccc(F)c1)C1C2CCCCC21. The minimum atomic E-state index is -0.175. The molecule has 2 aliphatic carbocycles. The summed E-state index contributed by atoms with van der Waals surface area (Å²) in [7, 11) is 0. The first-order chi connectivity index (χ1) is 8.31. The van der Waals surface area contributed by atoms with Gasteiger partial charge in [-0.3, -0.25) is 11.3 Å². The molecule has 1 aromatic rings. The van der Waals surface area contributed by atoms with Crippen LogP contribution in [0.25, 0.3) is 0 Å². The van der Waals surface area contributed by atoms with Gasteiger partial charge in [-0.25, -0.2) is 4.39 Å². The van der Waals surface area contributed by atoms with Crippen molar-refractivity contribution in [2.75, 3.05) is 0 Å². The number of benzene rings is 1. The fourth-order valence-electron chi connectivity index (χ4n) is 3.67. The Morgan fingerprint density at radius 2 is 1.94 bits per heavy atom.